The summed E-state index contributed by atoms with van der Waals surface area (Å²) in [6.45, 7) is 5.28. The molecule has 0 aliphatic carbocycles. The fraction of sp³-hybridized carbons (Fsp3) is 0.533. The third-order valence-electron chi connectivity index (χ3n) is 3.65. The molecule has 0 spiro atoms. The molecule has 3 nitrogen and oxygen atoms in total. The zero-order valence-electron chi connectivity index (χ0n) is 11.3. The second kappa shape index (κ2) is 5.88. The molecule has 1 atom stereocenters. The molecular weight excluding hydrogens is 222 g/mol. The SMILES string of the molecule is Cc1ccccc1N1CCCN(C)CC1CC#N. The molecule has 96 valence electrons. The zero-order chi connectivity index (χ0) is 13.0. The van der Waals surface area contributed by atoms with Crippen molar-refractivity contribution in [3.8, 4) is 6.07 Å². The minimum absolute atomic E-state index is 0.309. The van der Waals surface area contributed by atoms with Crippen molar-refractivity contribution in [3.63, 3.8) is 0 Å². The van der Waals surface area contributed by atoms with Crippen LogP contribution in [0.25, 0.3) is 0 Å². The number of benzene rings is 1. The topological polar surface area (TPSA) is 30.3 Å². The number of likely N-dealkylation sites (N-methyl/N-ethyl adjacent to an activating group) is 1. The highest BCUT2D eigenvalue weighted by atomic mass is 15.2. The van der Waals surface area contributed by atoms with Crippen LogP contribution in [0, 0.1) is 18.3 Å². The van der Waals surface area contributed by atoms with Crippen LogP contribution < -0.4 is 4.90 Å². The van der Waals surface area contributed by atoms with Gasteiger partial charge in [0.15, 0.2) is 0 Å². The van der Waals surface area contributed by atoms with Gasteiger partial charge in [-0.1, -0.05) is 18.2 Å². The van der Waals surface area contributed by atoms with Gasteiger partial charge in [-0.3, -0.25) is 0 Å². The van der Waals surface area contributed by atoms with Gasteiger partial charge < -0.3 is 9.80 Å². The Morgan fingerprint density at radius 3 is 2.83 bits per heavy atom. The lowest BCUT2D eigenvalue weighted by molar-refractivity contribution is 0.332. The molecule has 1 fully saturated rings. The predicted octanol–water partition coefficient (Wildman–Crippen LogP) is 2.42. The van der Waals surface area contributed by atoms with Crippen molar-refractivity contribution >= 4 is 5.69 Å². The first kappa shape index (κ1) is 12.9. The Bertz CT molecular complexity index is 436. The van der Waals surface area contributed by atoms with Gasteiger partial charge in [-0.2, -0.15) is 5.26 Å². The van der Waals surface area contributed by atoms with Crippen LogP contribution in [0.4, 0.5) is 5.69 Å². The fourth-order valence-corrected chi connectivity index (χ4v) is 2.73. The van der Waals surface area contributed by atoms with E-state index in [1.54, 1.807) is 0 Å². The Balaban J connectivity index is 2.27. The van der Waals surface area contributed by atoms with E-state index >= 15 is 0 Å². The summed E-state index contributed by atoms with van der Waals surface area (Å²) >= 11 is 0. The molecule has 0 aromatic heterocycles. The predicted molar refractivity (Wildman–Crippen MR) is 74.7 cm³/mol. The molecule has 1 heterocycles. The molecule has 2 rings (SSSR count). The standard InChI is InChI=1S/C15H21N3/c1-13-6-3-4-7-15(13)18-11-5-10-17(2)12-14(18)8-9-16/h3-4,6-7,14H,5,8,10-12H2,1-2H3. The number of anilines is 1. The van der Waals surface area contributed by atoms with E-state index in [-0.39, 0.29) is 0 Å². The van der Waals surface area contributed by atoms with E-state index in [2.05, 4.69) is 54.1 Å². The fourth-order valence-electron chi connectivity index (χ4n) is 2.73. The van der Waals surface area contributed by atoms with Crippen LogP contribution in [-0.4, -0.2) is 37.6 Å². The van der Waals surface area contributed by atoms with E-state index in [4.69, 9.17) is 5.26 Å². The highest BCUT2D eigenvalue weighted by molar-refractivity contribution is 5.54. The zero-order valence-corrected chi connectivity index (χ0v) is 11.3. The molecule has 1 aliphatic rings. The third kappa shape index (κ3) is 2.83. The molecular formula is C15H21N3. The van der Waals surface area contributed by atoms with Gasteiger partial charge in [0.2, 0.25) is 0 Å². The summed E-state index contributed by atoms with van der Waals surface area (Å²) in [6, 6.07) is 11.1. The van der Waals surface area contributed by atoms with Gasteiger partial charge in [0.1, 0.15) is 0 Å². The monoisotopic (exact) mass is 243 g/mol. The summed E-state index contributed by atoms with van der Waals surface area (Å²) in [4.78, 5) is 4.75. The average Bonchev–Trinajstić information content (AvgIpc) is 2.52. The summed E-state index contributed by atoms with van der Waals surface area (Å²) in [6.07, 6.45) is 1.76. The normalized spacial score (nSPS) is 21.4. The van der Waals surface area contributed by atoms with Crippen LogP contribution in [0.1, 0.15) is 18.4 Å². The molecule has 0 radical (unpaired) electrons. The minimum Gasteiger partial charge on any atom is -0.366 e. The number of para-hydroxylation sites is 1. The summed E-state index contributed by atoms with van der Waals surface area (Å²) in [5, 5.41) is 9.04. The number of hydrogen-bond donors (Lipinski definition) is 0. The maximum Gasteiger partial charge on any atom is 0.0643 e. The van der Waals surface area contributed by atoms with E-state index in [0.29, 0.717) is 12.5 Å². The van der Waals surface area contributed by atoms with Gasteiger partial charge in [0.05, 0.1) is 18.5 Å². The first-order valence-corrected chi connectivity index (χ1v) is 6.60. The molecule has 0 saturated carbocycles. The largest absolute Gasteiger partial charge is 0.366 e. The van der Waals surface area contributed by atoms with Gasteiger partial charge in [-0.15, -0.1) is 0 Å². The summed E-state index contributed by atoms with van der Waals surface area (Å²) in [5.74, 6) is 0. The van der Waals surface area contributed by atoms with Crippen molar-refractivity contribution in [2.24, 2.45) is 0 Å². The number of hydrogen-bond acceptors (Lipinski definition) is 3. The van der Waals surface area contributed by atoms with Gasteiger partial charge >= 0.3 is 0 Å². The number of nitriles is 1. The van der Waals surface area contributed by atoms with Crippen LogP contribution in [0.15, 0.2) is 24.3 Å². The minimum atomic E-state index is 0.309. The van der Waals surface area contributed by atoms with Crippen molar-refractivity contribution in [2.45, 2.75) is 25.8 Å². The second-order valence-corrected chi connectivity index (χ2v) is 5.11. The van der Waals surface area contributed by atoms with E-state index in [1.807, 2.05) is 0 Å². The smallest absolute Gasteiger partial charge is 0.0643 e. The Hall–Kier alpha value is -1.53. The van der Waals surface area contributed by atoms with Gasteiger partial charge in [-0.05, 0) is 38.6 Å². The van der Waals surface area contributed by atoms with Gasteiger partial charge in [-0.25, -0.2) is 0 Å². The quantitative estimate of drug-likeness (QED) is 0.799. The number of nitrogens with zero attached hydrogens (tertiary/aromatic N) is 3. The van der Waals surface area contributed by atoms with Crippen LogP contribution >= 0.6 is 0 Å². The molecule has 1 aromatic carbocycles. The summed E-state index contributed by atoms with van der Waals surface area (Å²) in [7, 11) is 2.14. The van der Waals surface area contributed by atoms with Crippen LogP contribution in [0.5, 0.6) is 0 Å². The molecule has 0 N–H and O–H groups in total. The van der Waals surface area contributed by atoms with Crippen molar-refractivity contribution in [3.05, 3.63) is 29.8 Å². The van der Waals surface area contributed by atoms with Crippen molar-refractivity contribution in [2.75, 3.05) is 31.6 Å². The molecule has 1 unspecified atom stereocenters. The molecule has 0 bridgehead atoms. The first-order valence-electron chi connectivity index (χ1n) is 6.60. The Labute approximate surface area is 110 Å². The average molecular weight is 243 g/mol. The lowest BCUT2D eigenvalue weighted by Crippen LogP contribution is -2.40. The van der Waals surface area contributed by atoms with E-state index < -0.39 is 0 Å². The van der Waals surface area contributed by atoms with Crippen molar-refractivity contribution < 1.29 is 0 Å². The summed E-state index contributed by atoms with van der Waals surface area (Å²) < 4.78 is 0. The van der Waals surface area contributed by atoms with E-state index in [1.165, 1.54) is 11.3 Å². The van der Waals surface area contributed by atoms with E-state index in [0.717, 1.165) is 26.1 Å². The number of aryl methyl sites for hydroxylation is 1. The molecule has 1 saturated heterocycles. The van der Waals surface area contributed by atoms with Gasteiger partial charge in [0.25, 0.3) is 0 Å². The molecule has 18 heavy (non-hydrogen) atoms. The van der Waals surface area contributed by atoms with Crippen molar-refractivity contribution in [1.82, 2.24) is 4.90 Å². The Morgan fingerprint density at radius 1 is 1.33 bits per heavy atom. The third-order valence-corrected chi connectivity index (χ3v) is 3.65. The molecule has 1 aromatic rings. The maximum absolute atomic E-state index is 9.04. The van der Waals surface area contributed by atoms with Crippen LogP contribution in [0.2, 0.25) is 0 Å². The molecule has 1 aliphatic heterocycles. The Morgan fingerprint density at radius 2 is 2.11 bits per heavy atom. The second-order valence-electron chi connectivity index (χ2n) is 5.11. The molecule has 0 amide bonds. The van der Waals surface area contributed by atoms with Crippen molar-refractivity contribution in [1.29, 1.82) is 5.26 Å². The Kier molecular flexibility index (Phi) is 4.22. The maximum atomic E-state index is 9.04. The highest BCUT2D eigenvalue weighted by Crippen LogP contribution is 2.25. The first-order chi connectivity index (χ1) is 8.72. The summed E-state index contributed by atoms with van der Waals surface area (Å²) in [5.41, 5.74) is 2.58. The van der Waals surface area contributed by atoms with Crippen LogP contribution in [-0.2, 0) is 0 Å². The van der Waals surface area contributed by atoms with Gasteiger partial charge in [0, 0.05) is 18.8 Å². The lowest BCUT2D eigenvalue weighted by Gasteiger charge is -2.32. The molecule has 3 heteroatoms. The lowest BCUT2D eigenvalue weighted by atomic mass is 10.1. The number of rotatable bonds is 2. The van der Waals surface area contributed by atoms with E-state index in [9.17, 15) is 0 Å². The highest BCUT2D eigenvalue weighted by Gasteiger charge is 2.24. The van der Waals surface area contributed by atoms with Crippen LogP contribution in [0.3, 0.4) is 0 Å².